The first-order chi connectivity index (χ1) is 9.61. The average molecular weight is 298 g/mol. The molecule has 0 amide bonds. The van der Waals surface area contributed by atoms with Gasteiger partial charge in [0.25, 0.3) is 0 Å². The normalized spacial score (nSPS) is 10.6. The monoisotopic (exact) mass is 297 g/mol. The zero-order valence-corrected chi connectivity index (χ0v) is 11.7. The van der Waals surface area contributed by atoms with E-state index < -0.39 is 11.6 Å². The minimum absolute atomic E-state index is 0.184. The van der Waals surface area contributed by atoms with Crippen molar-refractivity contribution in [3.8, 4) is 11.5 Å². The maximum atomic E-state index is 13.6. The average Bonchev–Trinajstić information content (AvgIpc) is 2.43. The molecule has 0 saturated carbocycles. The molecular formula is C15H14ClF2NO. The molecule has 0 fully saturated rings. The lowest BCUT2D eigenvalue weighted by molar-refractivity contribution is 0.431. The smallest absolute Gasteiger partial charge is 0.166 e. The molecule has 0 atom stereocenters. The molecule has 0 spiro atoms. The Kier molecular flexibility index (Phi) is 4.93. The molecule has 0 aromatic heterocycles. The minimum atomic E-state index is -0.638. The van der Waals surface area contributed by atoms with Crippen molar-refractivity contribution >= 4 is 11.6 Å². The van der Waals surface area contributed by atoms with E-state index in [9.17, 15) is 8.78 Å². The van der Waals surface area contributed by atoms with Crippen LogP contribution in [0.4, 0.5) is 8.78 Å². The number of halogens is 3. The van der Waals surface area contributed by atoms with Gasteiger partial charge in [0.2, 0.25) is 0 Å². The Morgan fingerprint density at radius 1 is 1.20 bits per heavy atom. The van der Waals surface area contributed by atoms with Gasteiger partial charge >= 0.3 is 0 Å². The highest BCUT2D eigenvalue weighted by molar-refractivity contribution is 6.32. The Balaban J connectivity index is 2.34. The summed E-state index contributed by atoms with van der Waals surface area (Å²) in [5.41, 5.74) is 0.781. The SMILES string of the molecule is CCNCc1cccc(Cl)c1Oc1cc(F)ccc1F. The molecule has 0 aliphatic carbocycles. The van der Waals surface area contributed by atoms with E-state index >= 15 is 0 Å². The number of benzene rings is 2. The van der Waals surface area contributed by atoms with Crippen LogP contribution < -0.4 is 10.1 Å². The third kappa shape index (κ3) is 3.46. The van der Waals surface area contributed by atoms with Crippen molar-refractivity contribution in [1.82, 2.24) is 5.32 Å². The molecule has 2 nitrogen and oxygen atoms in total. The molecule has 2 aromatic carbocycles. The number of hydrogen-bond acceptors (Lipinski definition) is 2. The molecule has 0 saturated heterocycles. The third-order valence-corrected chi connectivity index (χ3v) is 3.02. The number of rotatable bonds is 5. The van der Waals surface area contributed by atoms with E-state index in [0.29, 0.717) is 17.3 Å². The summed E-state index contributed by atoms with van der Waals surface area (Å²) >= 11 is 6.08. The zero-order chi connectivity index (χ0) is 14.5. The van der Waals surface area contributed by atoms with Crippen LogP contribution in [0, 0.1) is 11.6 Å². The predicted octanol–water partition coefficient (Wildman–Crippen LogP) is 4.52. The van der Waals surface area contributed by atoms with Crippen molar-refractivity contribution in [3.05, 3.63) is 58.6 Å². The summed E-state index contributed by atoms with van der Waals surface area (Å²) in [5, 5.41) is 3.49. The van der Waals surface area contributed by atoms with Crippen LogP contribution in [0.1, 0.15) is 12.5 Å². The van der Waals surface area contributed by atoms with Crippen molar-refractivity contribution in [2.45, 2.75) is 13.5 Å². The number of para-hydroxylation sites is 1. The van der Waals surface area contributed by atoms with Gasteiger partial charge in [-0.2, -0.15) is 0 Å². The Morgan fingerprint density at radius 3 is 2.75 bits per heavy atom. The van der Waals surface area contributed by atoms with Crippen LogP contribution in [-0.4, -0.2) is 6.54 Å². The summed E-state index contributed by atoms with van der Waals surface area (Å²) in [5.74, 6) is -1.06. The predicted molar refractivity (Wildman–Crippen MR) is 75.3 cm³/mol. The first-order valence-electron chi connectivity index (χ1n) is 6.23. The van der Waals surface area contributed by atoms with E-state index in [4.69, 9.17) is 16.3 Å². The van der Waals surface area contributed by atoms with Crippen molar-refractivity contribution in [2.24, 2.45) is 0 Å². The standard InChI is InChI=1S/C15H14ClF2NO/c1-2-19-9-10-4-3-5-12(16)15(10)20-14-8-11(17)6-7-13(14)18/h3-8,19H,2,9H2,1H3. The summed E-state index contributed by atoms with van der Waals surface area (Å²) in [6.07, 6.45) is 0. The maximum absolute atomic E-state index is 13.6. The summed E-state index contributed by atoms with van der Waals surface area (Å²) in [4.78, 5) is 0. The zero-order valence-electron chi connectivity index (χ0n) is 10.9. The maximum Gasteiger partial charge on any atom is 0.166 e. The highest BCUT2D eigenvalue weighted by atomic mass is 35.5. The molecule has 106 valence electrons. The summed E-state index contributed by atoms with van der Waals surface area (Å²) in [6, 6.07) is 8.30. The number of ether oxygens (including phenoxy) is 1. The molecule has 0 aliphatic rings. The van der Waals surface area contributed by atoms with Crippen LogP contribution >= 0.6 is 11.6 Å². The Morgan fingerprint density at radius 2 is 2.00 bits per heavy atom. The van der Waals surface area contributed by atoms with E-state index in [2.05, 4.69) is 5.32 Å². The highest BCUT2D eigenvalue weighted by Gasteiger charge is 2.12. The lowest BCUT2D eigenvalue weighted by Gasteiger charge is -2.13. The van der Waals surface area contributed by atoms with Crippen LogP contribution in [0.15, 0.2) is 36.4 Å². The van der Waals surface area contributed by atoms with Gasteiger partial charge in [0.15, 0.2) is 17.3 Å². The second kappa shape index (κ2) is 6.68. The van der Waals surface area contributed by atoms with Crippen LogP contribution in [0.25, 0.3) is 0 Å². The van der Waals surface area contributed by atoms with Gasteiger partial charge in [-0.25, -0.2) is 8.78 Å². The van der Waals surface area contributed by atoms with Gasteiger partial charge in [-0.1, -0.05) is 30.7 Å². The molecule has 0 heterocycles. The van der Waals surface area contributed by atoms with E-state index in [1.807, 2.05) is 13.0 Å². The molecule has 1 N–H and O–H groups in total. The lowest BCUT2D eigenvalue weighted by Crippen LogP contribution is -2.12. The van der Waals surface area contributed by atoms with Crippen molar-refractivity contribution < 1.29 is 13.5 Å². The highest BCUT2D eigenvalue weighted by Crippen LogP contribution is 2.34. The largest absolute Gasteiger partial charge is 0.452 e. The van der Waals surface area contributed by atoms with E-state index in [1.54, 1.807) is 12.1 Å². The van der Waals surface area contributed by atoms with E-state index in [-0.39, 0.29) is 5.75 Å². The van der Waals surface area contributed by atoms with Crippen LogP contribution in [-0.2, 0) is 6.54 Å². The van der Waals surface area contributed by atoms with Gasteiger partial charge < -0.3 is 10.1 Å². The van der Waals surface area contributed by atoms with E-state index in [1.165, 1.54) is 0 Å². The van der Waals surface area contributed by atoms with Gasteiger partial charge in [-0.3, -0.25) is 0 Å². The molecule has 0 unspecified atom stereocenters. The Hall–Kier alpha value is -1.65. The molecule has 20 heavy (non-hydrogen) atoms. The van der Waals surface area contributed by atoms with Gasteiger partial charge in [0, 0.05) is 18.2 Å². The van der Waals surface area contributed by atoms with Gasteiger partial charge in [-0.05, 0) is 24.7 Å². The first-order valence-corrected chi connectivity index (χ1v) is 6.60. The third-order valence-electron chi connectivity index (χ3n) is 2.72. The van der Waals surface area contributed by atoms with Gasteiger partial charge in [-0.15, -0.1) is 0 Å². The van der Waals surface area contributed by atoms with Gasteiger partial charge in [0.05, 0.1) is 5.02 Å². The second-order valence-corrected chi connectivity index (χ2v) is 4.59. The summed E-state index contributed by atoms with van der Waals surface area (Å²) < 4.78 is 32.2. The van der Waals surface area contributed by atoms with Crippen LogP contribution in [0.2, 0.25) is 5.02 Å². The second-order valence-electron chi connectivity index (χ2n) is 4.19. The first kappa shape index (κ1) is 14.8. The van der Waals surface area contributed by atoms with Crippen molar-refractivity contribution in [3.63, 3.8) is 0 Å². The van der Waals surface area contributed by atoms with Gasteiger partial charge in [0.1, 0.15) is 5.82 Å². The molecule has 2 rings (SSSR count). The quantitative estimate of drug-likeness (QED) is 0.876. The number of nitrogens with one attached hydrogen (secondary N) is 1. The fraction of sp³-hybridized carbons (Fsp3) is 0.200. The van der Waals surface area contributed by atoms with Crippen molar-refractivity contribution in [2.75, 3.05) is 6.54 Å². The molecule has 0 bridgehead atoms. The Bertz CT molecular complexity index is 604. The van der Waals surface area contributed by atoms with E-state index in [0.717, 1.165) is 30.3 Å². The fourth-order valence-corrected chi connectivity index (χ4v) is 1.96. The molecule has 0 radical (unpaired) electrons. The van der Waals surface area contributed by atoms with Crippen LogP contribution in [0.3, 0.4) is 0 Å². The number of hydrogen-bond donors (Lipinski definition) is 1. The van der Waals surface area contributed by atoms with Crippen molar-refractivity contribution in [1.29, 1.82) is 0 Å². The molecular weight excluding hydrogens is 284 g/mol. The topological polar surface area (TPSA) is 21.3 Å². The molecule has 2 aromatic rings. The lowest BCUT2D eigenvalue weighted by atomic mass is 10.2. The summed E-state index contributed by atoms with van der Waals surface area (Å²) in [7, 11) is 0. The fourth-order valence-electron chi connectivity index (χ4n) is 1.73. The minimum Gasteiger partial charge on any atom is -0.452 e. The van der Waals surface area contributed by atoms with Crippen LogP contribution in [0.5, 0.6) is 11.5 Å². The summed E-state index contributed by atoms with van der Waals surface area (Å²) in [6.45, 7) is 3.28. The Labute approximate surface area is 121 Å². The molecule has 0 aliphatic heterocycles. The molecule has 5 heteroatoms.